The van der Waals surface area contributed by atoms with Crippen molar-refractivity contribution in [2.75, 3.05) is 20.3 Å². The molecule has 2 rings (SSSR count). The Balaban J connectivity index is 2.29. The smallest absolute Gasteiger partial charge is 0.338 e. The number of hydrogen-bond acceptors (Lipinski definition) is 5. The normalized spacial score (nSPS) is 16.1. The number of unbranched alkanes of at least 4 members (excludes halogenated alkanes) is 2. The van der Waals surface area contributed by atoms with E-state index in [4.69, 9.17) is 26.4 Å². The summed E-state index contributed by atoms with van der Waals surface area (Å²) in [4.78, 5) is 12.6. The van der Waals surface area contributed by atoms with E-state index in [0.29, 0.717) is 34.5 Å². The van der Waals surface area contributed by atoms with Crippen LogP contribution in [-0.4, -0.2) is 31.4 Å². The van der Waals surface area contributed by atoms with Crippen LogP contribution in [0.15, 0.2) is 42.1 Å². The molecule has 0 aromatic heterocycles. The number of esters is 1. The van der Waals surface area contributed by atoms with Crippen molar-refractivity contribution in [3.05, 3.63) is 47.7 Å². The number of carbonyl (C=O) groups excluding carboxylic acids is 1. The van der Waals surface area contributed by atoms with Gasteiger partial charge >= 0.3 is 5.97 Å². The second-order valence-corrected chi connectivity index (χ2v) is 6.83. The predicted molar refractivity (Wildman–Crippen MR) is 113 cm³/mol. The van der Waals surface area contributed by atoms with E-state index in [1.807, 2.05) is 18.2 Å². The Morgan fingerprint density at radius 1 is 1.32 bits per heavy atom. The number of hydrogen-bond donors (Lipinski definition) is 2. The van der Waals surface area contributed by atoms with Gasteiger partial charge in [-0.2, -0.15) is 0 Å². The van der Waals surface area contributed by atoms with Crippen molar-refractivity contribution in [3.63, 3.8) is 0 Å². The third-order valence-electron chi connectivity index (χ3n) is 4.35. The first-order chi connectivity index (χ1) is 13.5. The lowest BCUT2D eigenvalue weighted by Gasteiger charge is -2.30. The molecule has 0 aliphatic carbocycles. The molecule has 0 saturated heterocycles. The van der Waals surface area contributed by atoms with Gasteiger partial charge in [-0.1, -0.05) is 38.5 Å². The molecule has 1 atom stereocenters. The van der Waals surface area contributed by atoms with Crippen LogP contribution in [0.4, 0.5) is 0 Å². The van der Waals surface area contributed by atoms with Crippen LogP contribution in [0.5, 0.6) is 11.5 Å². The molecule has 1 aromatic carbocycles. The molecule has 0 unspecified atom stereocenters. The number of carbonyl (C=O) groups is 1. The Kier molecular flexibility index (Phi) is 8.32. The Hall–Kier alpha value is -2.54. The van der Waals surface area contributed by atoms with Gasteiger partial charge in [0.1, 0.15) is 6.61 Å². The summed E-state index contributed by atoms with van der Waals surface area (Å²) in [6.07, 6.45) is 4.78. The second kappa shape index (κ2) is 10.7. The first kappa shape index (κ1) is 21.8. The van der Waals surface area contributed by atoms with Gasteiger partial charge in [-0.15, -0.1) is 0 Å². The van der Waals surface area contributed by atoms with Gasteiger partial charge in [0.2, 0.25) is 0 Å². The van der Waals surface area contributed by atoms with Crippen molar-refractivity contribution in [3.8, 4) is 11.5 Å². The molecule has 0 radical (unpaired) electrons. The molecule has 6 nitrogen and oxygen atoms in total. The first-order valence-electron chi connectivity index (χ1n) is 9.38. The lowest BCUT2D eigenvalue weighted by atomic mass is 9.95. The number of thiocarbonyl (C=S) groups is 1. The molecule has 0 amide bonds. The standard InChI is InChI=1S/C21H28N2O4S/c1-5-7-8-12-26-16-10-9-15(13-17(16)25-4)19-18(20(24)27-11-6-2)14(3)22-21(28)23-19/h6,9-10,13,19H,2,5,7-8,11-12H2,1,3-4H3,(H2,22,23,28)/t19-/m0/s1. The van der Waals surface area contributed by atoms with Crippen LogP contribution in [0.3, 0.4) is 0 Å². The fourth-order valence-electron chi connectivity index (χ4n) is 2.94. The van der Waals surface area contributed by atoms with Crippen LogP contribution >= 0.6 is 12.2 Å². The maximum atomic E-state index is 12.6. The Morgan fingerprint density at radius 3 is 2.79 bits per heavy atom. The molecule has 0 spiro atoms. The topological polar surface area (TPSA) is 68.8 Å². The first-order valence-corrected chi connectivity index (χ1v) is 9.79. The zero-order valence-corrected chi connectivity index (χ0v) is 17.5. The second-order valence-electron chi connectivity index (χ2n) is 6.42. The van der Waals surface area contributed by atoms with Gasteiger partial charge in [-0.25, -0.2) is 4.79 Å². The average Bonchev–Trinajstić information content (AvgIpc) is 2.68. The number of rotatable bonds is 10. The average molecular weight is 405 g/mol. The molecular formula is C21H28N2O4S. The maximum absolute atomic E-state index is 12.6. The van der Waals surface area contributed by atoms with Crippen LogP contribution in [-0.2, 0) is 9.53 Å². The highest BCUT2D eigenvalue weighted by Crippen LogP contribution is 2.34. The fraction of sp³-hybridized carbons (Fsp3) is 0.429. The van der Waals surface area contributed by atoms with E-state index in [2.05, 4.69) is 24.1 Å². The van der Waals surface area contributed by atoms with E-state index in [-0.39, 0.29) is 6.61 Å². The van der Waals surface area contributed by atoms with E-state index in [9.17, 15) is 4.79 Å². The van der Waals surface area contributed by atoms with E-state index in [0.717, 1.165) is 24.8 Å². The molecule has 0 fully saturated rings. The van der Waals surface area contributed by atoms with Gasteiger partial charge < -0.3 is 24.8 Å². The van der Waals surface area contributed by atoms with Gasteiger partial charge in [0.15, 0.2) is 16.6 Å². The monoisotopic (exact) mass is 404 g/mol. The third-order valence-corrected chi connectivity index (χ3v) is 4.57. The molecule has 2 N–H and O–H groups in total. The van der Waals surface area contributed by atoms with Gasteiger partial charge in [-0.05, 0) is 43.3 Å². The highest BCUT2D eigenvalue weighted by Gasteiger charge is 2.31. The molecule has 152 valence electrons. The summed E-state index contributed by atoms with van der Waals surface area (Å²) >= 11 is 5.28. The van der Waals surface area contributed by atoms with Gasteiger partial charge in [0.25, 0.3) is 0 Å². The van der Waals surface area contributed by atoms with Crippen LogP contribution in [0.2, 0.25) is 0 Å². The molecule has 1 aliphatic heterocycles. The number of benzene rings is 1. The molecule has 0 bridgehead atoms. The number of ether oxygens (including phenoxy) is 3. The minimum absolute atomic E-state index is 0.140. The lowest BCUT2D eigenvalue weighted by Crippen LogP contribution is -2.45. The van der Waals surface area contributed by atoms with Crippen LogP contribution in [0.25, 0.3) is 0 Å². The van der Waals surface area contributed by atoms with Gasteiger partial charge in [-0.3, -0.25) is 0 Å². The maximum Gasteiger partial charge on any atom is 0.338 e. The molecule has 1 aromatic rings. The summed E-state index contributed by atoms with van der Waals surface area (Å²) < 4.78 is 16.6. The Bertz CT molecular complexity index is 761. The third kappa shape index (κ3) is 5.48. The summed E-state index contributed by atoms with van der Waals surface area (Å²) in [7, 11) is 1.60. The summed E-state index contributed by atoms with van der Waals surface area (Å²) in [6, 6.07) is 5.16. The minimum atomic E-state index is -0.450. The van der Waals surface area contributed by atoms with Crippen molar-refractivity contribution >= 4 is 23.3 Å². The van der Waals surface area contributed by atoms with Crippen LogP contribution < -0.4 is 20.1 Å². The summed E-state index contributed by atoms with van der Waals surface area (Å²) in [5.41, 5.74) is 1.95. The quantitative estimate of drug-likeness (QED) is 0.266. The van der Waals surface area contributed by atoms with E-state index >= 15 is 0 Å². The molecule has 7 heteroatoms. The molecular weight excluding hydrogens is 376 g/mol. The Labute approximate surface area is 171 Å². The van der Waals surface area contributed by atoms with Crippen molar-refractivity contribution in [1.29, 1.82) is 0 Å². The highest BCUT2D eigenvalue weighted by molar-refractivity contribution is 7.80. The van der Waals surface area contributed by atoms with Crippen molar-refractivity contribution in [1.82, 2.24) is 10.6 Å². The Morgan fingerprint density at radius 2 is 2.11 bits per heavy atom. The largest absolute Gasteiger partial charge is 0.493 e. The predicted octanol–water partition coefficient (Wildman–Crippen LogP) is 3.79. The van der Waals surface area contributed by atoms with E-state index in [1.165, 1.54) is 6.08 Å². The van der Waals surface area contributed by atoms with Crippen LogP contribution in [0.1, 0.15) is 44.7 Å². The van der Waals surface area contributed by atoms with E-state index in [1.54, 1.807) is 14.0 Å². The minimum Gasteiger partial charge on any atom is -0.493 e. The summed E-state index contributed by atoms with van der Waals surface area (Å²) in [5.74, 6) is 0.857. The van der Waals surface area contributed by atoms with Gasteiger partial charge in [0, 0.05) is 5.70 Å². The number of methoxy groups -OCH3 is 1. The number of nitrogens with one attached hydrogen (secondary N) is 2. The van der Waals surface area contributed by atoms with Crippen molar-refractivity contribution in [2.24, 2.45) is 0 Å². The van der Waals surface area contributed by atoms with Gasteiger partial charge in [0.05, 0.1) is 25.3 Å². The van der Waals surface area contributed by atoms with Crippen molar-refractivity contribution < 1.29 is 19.0 Å². The summed E-state index contributed by atoms with van der Waals surface area (Å²) in [6.45, 7) is 8.30. The van der Waals surface area contributed by atoms with Crippen molar-refractivity contribution in [2.45, 2.75) is 39.2 Å². The SMILES string of the molecule is C=CCOC(=O)C1=C(C)NC(=S)N[C@H]1c1ccc(OCCCCC)c(OC)c1. The fourth-order valence-corrected chi connectivity index (χ4v) is 3.21. The molecule has 1 heterocycles. The molecule has 28 heavy (non-hydrogen) atoms. The highest BCUT2D eigenvalue weighted by atomic mass is 32.1. The zero-order chi connectivity index (χ0) is 20.5. The van der Waals surface area contributed by atoms with Crippen LogP contribution in [0, 0.1) is 0 Å². The molecule has 1 aliphatic rings. The number of allylic oxidation sites excluding steroid dienone is 1. The molecule has 0 saturated carbocycles. The van der Waals surface area contributed by atoms with E-state index < -0.39 is 12.0 Å². The zero-order valence-electron chi connectivity index (χ0n) is 16.7. The summed E-state index contributed by atoms with van der Waals surface area (Å²) in [5, 5.41) is 6.57. The lowest BCUT2D eigenvalue weighted by molar-refractivity contribution is -0.138.